The first-order valence-corrected chi connectivity index (χ1v) is 8.07. The second kappa shape index (κ2) is 6.71. The predicted molar refractivity (Wildman–Crippen MR) is 94.6 cm³/mol. The van der Waals surface area contributed by atoms with Crippen molar-refractivity contribution >= 4 is 22.7 Å². The summed E-state index contributed by atoms with van der Waals surface area (Å²) in [7, 11) is 0. The molecule has 1 heterocycles. The van der Waals surface area contributed by atoms with Crippen molar-refractivity contribution in [3.8, 4) is 11.1 Å². The van der Waals surface area contributed by atoms with Gasteiger partial charge in [0.2, 0.25) is 5.13 Å². The quantitative estimate of drug-likeness (QED) is 0.540. The van der Waals surface area contributed by atoms with Crippen LogP contribution < -0.4 is 5.43 Å². The standard InChI is InChI=1S/C18H16FN3S/c1-12-3-8-16(19)9-17(12)15-6-4-14(5-7-15)10-20-22-18-21-13(2)11-23-18/h3-11H,1-2H3,(H,21,22). The van der Waals surface area contributed by atoms with Crippen molar-refractivity contribution in [3.63, 3.8) is 0 Å². The molecule has 0 spiro atoms. The van der Waals surface area contributed by atoms with E-state index in [1.54, 1.807) is 18.3 Å². The molecule has 0 saturated heterocycles. The van der Waals surface area contributed by atoms with Crippen LogP contribution in [0.25, 0.3) is 11.1 Å². The molecule has 23 heavy (non-hydrogen) atoms. The lowest BCUT2D eigenvalue weighted by Crippen LogP contribution is -1.91. The van der Waals surface area contributed by atoms with E-state index < -0.39 is 0 Å². The first kappa shape index (κ1) is 15.4. The van der Waals surface area contributed by atoms with Crippen LogP contribution in [0.15, 0.2) is 52.9 Å². The van der Waals surface area contributed by atoms with E-state index in [9.17, 15) is 4.39 Å². The fraction of sp³-hybridized carbons (Fsp3) is 0.111. The number of hydrogen-bond donors (Lipinski definition) is 1. The van der Waals surface area contributed by atoms with Gasteiger partial charge in [-0.1, -0.05) is 30.3 Å². The number of hydrazone groups is 1. The average molecular weight is 325 g/mol. The van der Waals surface area contributed by atoms with Gasteiger partial charge in [0.05, 0.1) is 11.9 Å². The van der Waals surface area contributed by atoms with E-state index in [1.165, 1.54) is 17.4 Å². The van der Waals surface area contributed by atoms with Crippen molar-refractivity contribution in [2.45, 2.75) is 13.8 Å². The van der Waals surface area contributed by atoms with Crippen LogP contribution in [0.5, 0.6) is 0 Å². The van der Waals surface area contributed by atoms with E-state index in [1.807, 2.05) is 43.5 Å². The zero-order chi connectivity index (χ0) is 16.2. The van der Waals surface area contributed by atoms with Gasteiger partial charge < -0.3 is 0 Å². The Morgan fingerprint density at radius 2 is 1.91 bits per heavy atom. The number of benzene rings is 2. The van der Waals surface area contributed by atoms with Crippen LogP contribution in [0.4, 0.5) is 9.52 Å². The molecule has 0 fully saturated rings. The summed E-state index contributed by atoms with van der Waals surface area (Å²) in [5.74, 6) is -0.223. The Bertz CT molecular complexity index is 838. The van der Waals surface area contributed by atoms with Gasteiger partial charge in [-0.25, -0.2) is 9.37 Å². The largest absolute Gasteiger partial charge is 0.253 e. The van der Waals surface area contributed by atoms with E-state index >= 15 is 0 Å². The van der Waals surface area contributed by atoms with Crippen LogP contribution in [0.2, 0.25) is 0 Å². The lowest BCUT2D eigenvalue weighted by Gasteiger charge is -2.06. The number of nitrogens with one attached hydrogen (secondary N) is 1. The van der Waals surface area contributed by atoms with Crippen molar-refractivity contribution in [1.29, 1.82) is 0 Å². The van der Waals surface area contributed by atoms with Gasteiger partial charge >= 0.3 is 0 Å². The van der Waals surface area contributed by atoms with Crippen LogP contribution in [-0.2, 0) is 0 Å². The molecule has 3 aromatic rings. The first-order chi connectivity index (χ1) is 11.1. The van der Waals surface area contributed by atoms with Gasteiger partial charge in [-0.3, -0.25) is 5.43 Å². The highest BCUT2D eigenvalue weighted by molar-refractivity contribution is 7.13. The Balaban J connectivity index is 1.73. The highest BCUT2D eigenvalue weighted by Crippen LogP contribution is 2.24. The molecule has 0 atom stereocenters. The number of anilines is 1. The maximum atomic E-state index is 13.4. The third kappa shape index (κ3) is 3.81. The lowest BCUT2D eigenvalue weighted by molar-refractivity contribution is 0.628. The zero-order valence-electron chi connectivity index (χ0n) is 12.9. The van der Waals surface area contributed by atoms with Gasteiger partial charge in [-0.2, -0.15) is 5.10 Å². The third-order valence-corrected chi connectivity index (χ3v) is 4.28. The molecule has 0 amide bonds. The van der Waals surface area contributed by atoms with E-state index in [-0.39, 0.29) is 5.82 Å². The molecule has 3 rings (SSSR count). The van der Waals surface area contributed by atoms with Gasteiger partial charge in [-0.15, -0.1) is 11.3 Å². The minimum absolute atomic E-state index is 0.223. The summed E-state index contributed by atoms with van der Waals surface area (Å²) in [6, 6.07) is 12.7. The Labute approximate surface area is 138 Å². The summed E-state index contributed by atoms with van der Waals surface area (Å²) < 4.78 is 13.4. The highest BCUT2D eigenvalue weighted by Gasteiger charge is 2.03. The molecular weight excluding hydrogens is 309 g/mol. The summed E-state index contributed by atoms with van der Waals surface area (Å²) >= 11 is 1.52. The minimum Gasteiger partial charge on any atom is -0.253 e. The van der Waals surface area contributed by atoms with E-state index in [0.717, 1.165) is 33.1 Å². The van der Waals surface area contributed by atoms with Crippen molar-refractivity contribution in [3.05, 3.63) is 70.5 Å². The molecule has 0 aliphatic rings. The molecule has 0 bridgehead atoms. The van der Waals surface area contributed by atoms with E-state index in [0.29, 0.717) is 0 Å². The van der Waals surface area contributed by atoms with Crippen LogP contribution in [0.3, 0.4) is 0 Å². The minimum atomic E-state index is -0.223. The molecule has 2 aromatic carbocycles. The smallest absolute Gasteiger partial charge is 0.203 e. The summed E-state index contributed by atoms with van der Waals surface area (Å²) in [5.41, 5.74) is 7.79. The average Bonchev–Trinajstić information content (AvgIpc) is 2.96. The maximum absolute atomic E-state index is 13.4. The van der Waals surface area contributed by atoms with Crippen molar-refractivity contribution in [2.24, 2.45) is 5.10 Å². The number of halogens is 1. The predicted octanol–water partition coefficient (Wildman–Crippen LogP) is 5.01. The molecule has 1 N–H and O–H groups in total. The van der Waals surface area contributed by atoms with Crippen molar-refractivity contribution in [2.75, 3.05) is 5.43 Å². The Morgan fingerprint density at radius 3 is 2.61 bits per heavy atom. The summed E-state index contributed by atoms with van der Waals surface area (Å²) in [6.07, 6.45) is 1.74. The van der Waals surface area contributed by atoms with Crippen molar-refractivity contribution in [1.82, 2.24) is 4.98 Å². The maximum Gasteiger partial charge on any atom is 0.203 e. The summed E-state index contributed by atoms with van der Waals surface area (Å²) in [6.45, 7) is 3.92. The number of aryl methyl sites for hydroxylation is 2. The van der Waals surface area contributed by atoms with Gasteiger partial charge in [-0.05, 0) is 48.2 Å². The molecular formula is C18H16FN3S. The van der Waals surface area contributed by atoms with E-state index in [4.69, 9.17) is 0 Å². The normalized spacial score (nSPS) is 11.1. The molecule has 116 valence electrons. The molecule has 5 heteroatoms. The SMILES string of the molecule is Cc1csc(NN=Cc2ccc(-c3cc(F)ccc3C)cc2)n1. The van der Waals surface area contributed by atoms with Crippen LogP contribution in [0.1, 0.15) is 16.8 Å². The molecule has 0 aliphatic heterocycles. The number of hydrogen-bond acceptors (Lipinski definition) is 4. The fourth-order valence-corrected chi connectivity index (χ4v) is 2.86. The number of aromatic nitrogens is 1. The number of nitrogens with zero attached hydrogens (tertiary/aromatic N) is 2. The van der Waals surface area contributed by atoms with Gasteiger partial charge in [0.1, 0.15) is 5.82 Å². The van der Waals surface area contributed by atoms with Crippen LogP contribution >= 0.6 is 11.3 Å². The highest BCUT2D eigenvalue weighted by atomic mass is 32.1. The first-order valence-electron chi connectivity index (χ1n) is 7.19. The Hall–Kier alpha value is -2.53. The monoisotopic (exact) mass is 325 g/mol. The molecule has 1 aromatic heterocycles. The molecule has 0 aliphatic carbocycles. The molecule has 3 nitrogen and oxygen atoms in total. The molecule has 0 radical (unpaired) electrons. The Kier molecular flexibility index (Phi) is 4.48. The van der Waals surface area contributed by atoms with Crippen LogP contribution in [-0.4, -0.2) is 11.2 Å². The van der Waals surface area contributed by atoms with Gasteiger partial charge in [0.25, 0.3) is 0 Å². The Morgan fingerprint density at radius 1 is 1.13 bits per heavy atom. The van der Waals surface area contributed by atoms with Crippen LogP contribution in [0, 0.1) is 19.7 Å². The van der Waals surface area contributed by atoms with Gasteiger partial charge in [0, 0.05) is 5.38 Å². The molecule has 0 unspecified atom stereocenters. The number of rotatable bonds is 4. The second-order valence-corrected chi connectivity index (χ2v) is 6.10. The summed E-state index contributed by atoms with van der Waals surface area (Å²) in [4.78, 5) is 4.27. The third-order valence-electron chi connectivity index (χ3n) is 3.41. The lowest BCUT2D eigenvalue weighted by atomic mass is 9.99. The van der Waals surface area contributed by atoms with E-state index in [2.05, 4.69) is 15.5 Å². The molecule has 0 saturated carbocycles. The fourth-order valence-electron chi connectivity index (χ4n) is 2.22. The topological polar surface area (TPSA) is 37.3 Å². The van der Waals surface area contributed by atoms with Crippen molar-refractivity contribution < 1.29 is 4.39 Å². The zero-order valence-corrected chi connectivity index (χ0v) is 13.7. The second-order valence-electron chi connectivity index (χ2n) is 5.25. The van der Waals surface area contributed by atoms with Gasteiger partial charge in [0.15, 0.2) is 0 Å². The number of thiazole rings is 1. The summed E-state index contributed by atoms with van der Waals surface area (Å²) in [5, 5.41) is 6.91.